The molecular weight excluding hydrogens is 307 g/mol. The Morgan fingerprint density at radius 1 is 1.36 bits per heavy atom. The summed E-state index contributed by atoms with van der Waals surface area (Å²) in [4.78, 5) is 14.2. The highest BCUT2D eigenvalue weighted by Crippen LogP contribution is 2.18. The van der Waals surface area contributed by atoms with E-state index in [0.29, 0.717) is 18.7 Å². The fraction of sp³-hybridized carbons (Fsp3) is 0.333. The molecule has 1 aromatic carbocycles. The van der Waals surface area contributed by atoms with E-state index >= 15 is 0 Å². The van der Waals surface area contributed by atoms with Gasteiger partial charge in [0, 0.05) is 19.1 Å². The Labute approximate surface area is 134 Å². The van der Waals surface area contributed by atoms with Crippen LogP contribution in [0.15, 0.2) is 30.5 Å². The summed E-state index contributed by atoms with van der Waals surface area (Å²) in [5.74, 6) is -0.347. The molecule has 0 saturated carbocycles. The summed E-state index contributed by atoms with van der Waals surface area (Å²) < 4.78 is 14.6. The Kier molecular flexibility index (Phi) is 4.83. The summed E-state index contributed by atoms with van der Waals surface area (Å²) >= 11 is 0. The molecule has 7 heteroatoms. The summed E-state index contributed by atoms with van der Waals surface area (Å²) in [5.41, 5.74) is 7.87. The molecule has 1 saturated heterocycles. The fourth-order valence-electron chi connectivity index (χ4n) is 2.60. The van der Waals surface area contributed by atoms with Crippen LogP contribution in [-0.2, 0) is 0 Å². The van der Waals surface area contributed by atoms with E-state index in [1.807, 2.05) is 6.92 Å². The van der Waals surface area contributed by atoms with E-state index < -0.39 is 0 Å². The van der Waals surface area contributed by atoms with Crippen molar-refractivity contribution in [3.63, 3.8) is 0 Å². The van der Waals surface area contributed by atoms with Gasteiger partial charge in [0.05, 0.1) is 23.1 Å². The Morgan fingerprint density at radius 2 is 2.05 bits per heavy atom. The molecule has 1 atom stereocenters. The van der Waals surface area contributed by atoms with Gasteiger partial charge in [0.25, 0.3) is 5.91 Å². The van der Waals surface area contributed by atoms with Crippen molar-refractivity contribution in [3.8, 4) is 5.69 Å². The van der Waals surface area contributed by atoms with Crippen LogP contribution in [0.4, 0.5) is 4.39 Å². The van der Waals surface area contributed by atoms with Gasteiger partial charge in [-0.3, -0.25) is 4.79 Å². The highest BCUT2D eigenvalue weighted by Gasteiger charge is 2.27. The molecule has 0 bridgehead atoms. The zero-order chi connectivity index (χ0) is 15.0. The van der Waals surface area contributed by atoms with Gasteiger partial charge >= 0.3 is 0 Å². The Hall–Kier alpha value is -1.92. The van der Waals surface area contributed by atoms with Gasteiger partial charge in [0.15, 0.2) is 0 Å². The van der Waals surface area contributed by atoms with Crippen LogP contribution in [0.5, 0.6) is 0 Å². The molecule has 2 aromatic rings. The number of nitrogens with zero attached hydrogens (tertiary/aromatic N) is 3. The van der Waals surface area contributed by atoms with Gasteiger partial charge < -0.3 is 10.6 Å². The molecule has 1 aromatic heterocycles. The van der Waals surface area contributed by atoms with Crippen molar-refractivity contribution in [1.82, 2.24) is 14.7 Å². The number of halogens is 2. The molecule has 2 N–H and O–H groups in total. The van der Waals surface area contributed by atoms with Gasteiger partial charge in [-0.1, -0.05) is 0 Å². The summed E-state index contributed by atoms with van der Waals surface area (Å²) in [6, 6.07) is 6.07. The maximum absolute atomic E-state index is 13.0. The van der Waals surface area contributed by atoms with Crippen molar-refractivity contribution in [2.24, 2.45) is 5.73 Å². The van der Waals surface area contributed by atoms with E-state index in [0.717, 1.165) is 17.8 Å². The molecule has 3 rings (SSSR count). The van der Waals surface area contributed by atoms with E-state index in [-0.39, 0.29) is 30.2 Å². The second kappa shape index (κ2) is 6.46. The van der Waals surface area contributed by atoms with E-state index in [2.05, 4.69) is 5.10 Å². The number of amides is 1. The first kappa shape index (κ1) is 16.5. The van der Waals surface area contributed by atoms with E-state index in [4.69, 9.17) is 5.73 Å². The second-order valence-corrected chi connectivity index (χ2v) is 5.33. The van der Waals surface area contributed by atoms with Crippen LogP contribution in [0.3, 0.4) is 0 Å². The normalized spacial score (nSPS) is 17.4. The monoisotopic (exact) mass is 324 g/mol. The van der Waals surface area contributed by atoms with Crippen LogP contribution in [-0.4, -0.2) is 39.7 Å². The van der Waals surface area contributed by atoms with Crippen LogP contribution >= 0.6 is 12.4 Å². The molecule has 0 aliphatic carbocycles. The average molecular weight is 325 g/mol. The highest BCUT2D eigenvalue weighted by atomic mass is 35.5. The lowest BCUT2D eigenvalue weighted by atomic mass is 10.2. The molecule has 1 aliphatic heterocycles. The highest BCUT2D eigenvalue weighted by molar-refractivity contribution is 5.95. The third-order valence-electron chi connectivity index (χ3n) is 3.82. The molecule has 1 amide bonds. The number of nitrogens with two attached hydrogens (primary N) is 1. The number of benzene rings is 1. The van der Waals surface area contributed by atoms with Crippen LogP contribution in [0.25, 0.3) is 5.69 Å². The molecule has 118 valence electrons. The van der Waals surface area contributed by atoms with E-state index in [9.17, 15) is 9.18 Å². The third kappa shape index (κ3) is 2.98. The molecule has 0 spiro atoms. The Balaban J connectivity index is 0.00000176. The first-order valence-corrected chi connectivity index (χ1v) is 6.91. The zero-order valence-corrected chi connectivity index (χ0v) is 13.0. The van der Waals surface area contributed by atoms with Crippen molar-refractivity contribution < 1.29 is 9.18 Å². The van der Waals surface area contributed by atoms with Gasteiger partial charge in [-0.05, 0) is 37.6 Å². The minimum atomic E-state index is -0.300. The van der Waals surface area contributed by atoms with Gasteiger partial charge in [-0.25, -0.2) is 9.07 Å². The maximum atomic E-state index is 13.0. The van der Waals surface area contributed by atoms with Gasteiger partial charge in [0.2, 0.25) is 0 Å². The van der Waals surface area contributed by atoms with E-state index in [1.165, 1.54) is 12.1 Å². The quantitative estimate of drug-likeness (QED) is 0.918. The Morgan fingerprint density at radius 3 is 2.64 bits per heavy atom. The van der Waals surface area contributed by atoms with Crippen molar-refractivity contribution in [1.29, 1.82) is 0 Å². The van der Waals surface area contributed by atoms with Crippen LogP contribution in [0.2, 0.25) is 0 Å². The van der Waals surface area contributed by atoms with Crippen molar-refractivity contribution in [2.45, 2.75) is 19.4 Å². The lowest BCUT2D eigenvalue weighted by Crippen LogP contribution is -2.32. The standard InChI is InChI=1S/C15H17FN4O.ClH/c1-10-14(15(21)19-7-6-12(17)9-19)8-18-20(10)13-4-2-11(16)3-5-13;/h2-5,8,12H,6-7,9,17H2,1H3;1H/t12-;/m1./s1. The molecule has 0 radical (unpaired) electrons. The van der Waals surface area contributed by atoms with Crippen molar-refractivity contribution in [3.05, 3.63) is 47.5 Å². The number of carbonyl (C=O) groups excluding carboxylic acids is 1. The average Bonchev–Trinajstić information content (AvgIpc) is 3.06. The summed E-state index contributed by atoms with van der Waals surface area (Å²) in [5, 5.41) is 4.24. The van der Waals surface area contributed by atoms with Crippen molar-refractivity contribution >= 4 is 18.3 Å². The molecule has 0 unspecified atom stereocenters. The number of rotatable bonds is 2. The summed E-state index contributed by atoms with van der Waals surface area (Å²) in [6.45, 7) is 3.10. The number of hydrogen-bond acceptors (Lipinski definition) is 3. The van der Waals surface area contributed by atoms with Crippen LogP contribution in [0, 0.1) is 12.7 Å². The van der Waals surface area contributed by atoms with Crippen LogP contribution in [0.1, 0.15) is 22.5 Å². The number of hydrogen-bond donors (Lipinski definition) is 1. The number of aromatic nitrogens is 2. The largest absolute Gasteiger partial charge is 0.337 e. The predicted molar refractivity (Wildman–Crippen MR) is 84.0 cm³/mol. The van der Waals surface area contributed by atoms with E-state index in [1.54, 1.807) is 27.9 Å². The zero-order valence-electron chi connectivity index (χ0n) is 12.2. The minimum absolute atomic E-state index is 0. The second-order valence-electron chi connectivity index (χ2n) is 5.33. The van der Waals surface area contributed by atoms with Crippen molar-refractivity contribution in [2.75, 3.05) is 13.1 Å². The fourth-order valence-corrected chi connectivity index (χ4v) is 2.60. The molecule has 2 heterocycles. The Bertz CT molecular complexity index is 671. The van der Waals surface area contributed by atoms with Gasteiger partial charge in [-0.2, -0.15) is 5.10 Å². The summed E-state index contributed by atoms with van der Waals surface area (Å²) in [6.07, 6.45) is 2.39. The SMILES string of the molecule is Cc1c(C(=O)N2CC[C@@H](N)C2)cnn1-c1ccc(F)cc1.Cl. The molecule has 1 fully saturated rings. The summed E-state index contributed by atoms with van der Waals surface area (Å²) in [7, 11) is 0. The molecular formula is C15H18ClFN4O. The number of likely N-dealkylation sites (tertiary alicyclic amines) is 1. The topological polar surface area (TPSA) is 64.2 Å². The molecule has 5 nitrogen and oxygen atoms in total. The molecule has 22 heavy (non-hydrogen) atoms. The smallest absolute Gasteiger partial charge is 0.257 e. The predicted octanol–water partition coefficient (Wildman–Crippen LogP) is 1.91. The number of carbonyl (C=O) groups is 1. The maximum Gasteiger partial charge on any atom is 0.257 e. The van der Waals surface area contributed by atoms with Gasteiger partial charge in [0.1, 0.15) is 5.82 Å². The lowest BCUT2D eigenvalue weighted by molar-refractivity contribution is 0.0790. The first-order chi connectivity index (χ1) is 10.1. The van der Waals surface area contributed by atoms with Crippen LogP contribution < -0.4 is 5.73 Å². The van der Waals surface area contributed by atoms with Gasteiger partial charge in [-0.15, -0.1) is 12.4 Å². The molecule has 1 aliphatic rings. The third-order valence-corrected chi connectivity index (χ3v) is 3.82. The lowest BCUT2D eigenvalue weighted by Gasteiger charge is -2.15. The first-order valence-electron chi connectivity index (χ1n) is 6.91. The minimum Gasteiger partial charge on any atom is -0.337 e.